The molecule has 0 saturated heterocycles. The Kier molecular flexibility index (Phi) is 2.72. The molecule has 13 heavy (non-hydrogen) atoms. The number of nitrogens with zero attached hydrogens (tertiary/aromatic N) is 2. The standard InChI is InChI=1S/C10H10N2O/c1-7-3-9(4-8(2)13-7)10(5-11)6-12/h3-4,9-10H,1-2H3. The molecular formula is C10H10N2O. The molecule has 0 aromatic heterocycles. The van der Waals surface area contributed by atoms with Gasteiger partial charge in [-0.3, -0.25) is 0 Å². The minimum absolute atomic E-state index is 0.135. The molecule has 0 saturated carbocycles. The van der Waals surface area contributed by atoms with Crippen LogP contribution in [0, 0.1) is 34.5 Å². The third-order valence-corrected chi connectivity index (χ3v) is 1.84. The van der Waals surface area contributed by atoms with Gasteiger partial charge in [-0.25, -0.2) is 0 Å². The molecule has 0 unspecified atom stereocenters. The molecule has 1 aliphatic heterocycles. The van der Waals surface area contributed by atoms with Gasteiger partial charge in [-0.1, -0.05) is 0 Å². The summed E-state index contributed by atoms with van der Waals surface area (Å²) < 4.78 is 5.26. The van der Waals surface area contributed by atoms with Gasteiger partial charge in [-0.2, -0.15) is 10.5 Å². The first-order chi connectivity index (χ1) is 6.17. The van der Waals surface area contributed by atoms with Crippen LogP contribution in [0.3, 0.4) is 0 Å². The summed E-state index contributed by atoms with van der Waals surface area (Å²) in [7, 11) is 0. The molecule has 0 radical (unpaired) electrons. The van der Waals surface area contributed by atoms with Gasteiger partial charge in [0.05, 0.1) is 23.7 Å². The van der Waals surface area contributed by atoms with E-state index in [0.29, 0.717) is 0 Å². The number of hydrogen-bond donors (Lipinski definition) is 0. The number of nitriles is 2. The van der Waals surface area contributed by atoms with E-state index in [-0.39, 0.29) is 5.92 Å². The normalized spacial score (nSPS) is 16.7. The van der Waals surface area contributed by atoms with Crippen LogP contribution < -0.4 is 0 Å². The Morgan fingerprint density at radius 3 is 2.08 bits per heavy atom. The minimum atomic E-state index is -0.617. The van der Waals surface area contributed by atoms with Gasteiger partial charge in [0.25, 0.3) is 0 Å². The highest BCUT2D eigenvalue weighted by molar-refractivity contribution is 5.20. The zero-order chi connectivity index (χ0) is 9.84. The van der Waals surface area contributed by atoms with Crippen molar-refractivity contribution in [3.63, 3.8) is 0 Å². The quantitative estimate of drug-likeness (QED) is 0.611. The summed E-state index contributed by atoms with van der Waals surface area (Å²) in [6.07, 6.45) is 3.59. The van der Waals surface area contributed by atoms with E-state index in [1.807, 2.05) is 26.0 Å². The van der Waals surface area contributed by atoms with E-state index in [9.17, 15) is 0 Å². The summed E-state index contributed by atoms with van der Waals surface area (Å²) in [4.78, 5) is 0. The maximum Gasteiger partial charge on any atom is 0.143 e. The molecule has 66 valence electrons. The van der Waals surface area contributed by atoms with Crippen LogP contribution in [0.4, 0.5) is 0 Å². The fraction of sp³-hybridized carbons (Fsp3) is 0.400. The maximum atomic E-state index is 8.68. The summed E-state index contributed by atoms with van der Waals surface area (Å²) in [6.45, 7) is 3.63. The zero-order valence-electron chi connectivity index (χ0n) is 7.61. The van der Waals surface area contributed by atoms with E-state index in [0.717, 1.165) is 11.5 Å². The molecule has 0 aliphatic carbocycles. The number of rotatable bonds is 1. The van der Waals surface area contributed by atoms with Crippen molar-refractivity contribution in [1.82, 2.24) is 0 Å². The molecule has 1 heterocycles. The summed E-state index contributed by atoms with van der Waals surface area (Å²) >= 11 is 0. The lowest BCUT2D eigenvalue weighted by atomic mass is 9.92. The Morgan fingerprint density at radius 1 is 1.23 bits per heavy atom. The molecule has 3 heteroatoms. The van der Waals surface area contributed by atoms with E-state index >= 15 is 0 Å². The molecule has 1 rings (SSSR count). The first-order valence-electron chi connectivity index (χ1n) is 4.01. The smallest absolute Gasteiger partial charge is 0.143 e. The second-order valence-electron chi connectivity index (χ2n) is 2.97. The maximum absolute atomic E-state index is 8.68. The number of ether oxygens (including phenoxy) is 1. The fourth-order valence-electron chi connectivity index (χ4n) is 1.31. The van der Waals surface area contributed by atoms with E-state index < -0.39 is 5.92 Å². The molecule has 0 spiro atoms. The Balaban J connectivity index is 2.88. The van der Waals surface area contributed by atoms with Gasteiger partial charge in [0.2, 0.25) is 0 Å². The predicted molar refractivity (Wildman–Crippen MR) is 46.8 cm³/mol. The Morgan fingerprint density at radius 2 is 1.69 bits per heavy atom. The third-order valence-electron chi connectivity index (χ3n) is 1.84. The molecule has 0 bridgehead atoms. The van der Waals surface area contributed by atoms with E-state index in [4.69, 9.17) is 15.3 Å². The van der Waals surface area contributed by atoms with Crippen molar-refractivity contribution in [2.45, 2.75) is 13.8 Å². The van der Waals surface area contributed by atoms with Crippen molar-refractivity contribution >= 4 is 0 Å². The lowest BCUT2D eigenvalue weighted by molar-refractivity contribution is 0.289. The summed E-state index contributed by atoms with van der Waals surface area (Å²) in [5.41, 5.74) is 0. The molecule has 0 aromatic carbocycles. The Bertz CT molecular complexity index is 309. The van der Waals surface area contributed by atoms with Crippen molar-refractivity contribution in [2.24, 2.45) is 11.8 Å². The lowest BCUT2D eigenvalue weighted by Crippen LogP contribution is -2.11. The Hall–Kier alpha value is -1.74. The van der Waals surface area contributed by atoms with Crippen LogP contribution in [-0.4, -0.2) is 0 Å². The summed E-state index contributed by atoms with van der Waals surface area (Å²) in [5.74, 6) is 0.749. The highest BCUT2D eigenvalue weighted by atomic mass is 16.5. The largest absolute Gasteiger partial charge is 0.467 e. The highest BCUT2D eigenvalue weighted by Gasteiger charge is 2.20. The first-order valence-corrected chi connectivity index (χ1v) is 4.01. The third kappa shape index (κ3) is 2.10. The second kappa shape index (κ2) is 3.78. The van der Waals surface area contributed by atoms with E-state index in [2.05, 4.69) is 0 Å². The van der Waals surface area contributed by atoms with Crippen molar-refractivity contribution in [3.05, 3.63) is 23.7 Å². The number of allylic oxidation sites excluding steroid dienone is 4. The number of hydrogen-bond acceptors (Lipinski definition) is 3. The zero-order valence-corrected chi connectivity index (χ0v) is 7.61. The van der Waals surface area contributed by atoms with Crippen LogP contribution in [0.25, 0.3) is 0 Å². The topological polar surface area (TPSA) is 56.8 Å². The van der Waals surface area contributed by atoms with Crippen LogP contribution in [0.2, 0.25) is 0 Å². The van der Waals surface area contributed by atoms with Crippen molar-refractivity contribution < 1.29 is 4.74 Å². The average Bonchev–Trinajstić information content (AvgIpc) is 2.04. The van der Waals surface area contributed by atoms with Crippen molar-refractivity contribution in [2.75, 3.05) is 0 Å². The van der Waals surface area contributed by atoms with E-state index in [1.54, 1.807) is 12.2 Å². The van der Waals surface area contributed by atoms with Gasteiger partial charge in [-0.15, -0.1) is 0 Å². The van der Waals surface area contributed by atoms with Crippen LogP contribution in [-0.2, 0) is 4.74 Å². The molecule has 0 atom stereocenters. The lowest BCUT2D eigenvalue weighted by Gasteiger charge is -2.17. The van der Waals surface area contributed by atoms with Crippen LogP contribution >= 0.6 is 0 Å². The Labute approximate surface area is 77.5 Å². The summed E-state index contributed by atoms with van der Waals surface area (Å²) in [6, 6.07) is 3.91. The predicted octanol–water partition coefficient (Wildman–Crippen LogP) is 2.10. The monoisotopic (exact) mass is 174 g/mol. The van der Waals surface area contributed by atoms with Crippen LogP contribution in [0.5, 0.6) is 0 Å². The molecular weight excluding hydrogens is 164 g/mol. The van der Waals surface area contributed by atoms with Gasteiger partial charge < -0.3 is 4.74 Å². The molecule has 1 aliphatic rings. The van der Waals surface area contributed by atoms with Gasteiger partial charge in [0.1, 0.15) is 5.92 Å². The molecule has 0 N–H and O–H groups in total. The van der Waals surface area contributed by atoms with Crippen LogP contribution in [0.15, 0.2) is 23.7 Å². The van der Waals surface area contributed by atoms with Crippen molar-refractivity contribution in [3.8, 4) is 12.1 Å². The second-order valence-corrected chi connectivity index (χ2v) is 2.97. The molecule has 0 fully saturated rings. The SMILES string of the molecule is CC1=CC(C(C#N)C#N)C=C(C)O1. The highest BCUT2D eigenvalue weighted by Crippen LogP contribution is 2.24. The molecule has 3 nitrogen and oxygen atoms in total. The van der Waals surface area contributed by atoms with E-state index in [1.165, 1.54) is 0 Å². The summed E-state index contributed by atoms with van der Waals surface area (Å²) in [5, 5.41) is 17.4. The molecule has 0 aromatic rings. The molecule has 0 amide bonds. The first kappa shape index (κ1) is 9.35. The van der Waals surface area contributed by atoms with Gasteiger partial charge in [0.15, 0.2) is 0 Å². The van der Waals surface area contributed by atoms with Crippen LogP contribution in [0.1, 0.15) is 13.8 Å². The average molecular weight is 174 g/mol. The van der Waals surface area contributed by atoms with Gasteiger partial charge >= 0.3 is 0 Å². The van der Waals surface area contributed by atoms with Gasteiger partial charge in [0, 0.05) is 5.92 Å². The fourth-order valence-corrected chi connectivity index (χ4v) is 1.31. The van der Waals surface area contributed by atoms with Gasteiger partial charge in [-0.05, 0) is 26.0 Å². The van der Waals surface area contributed by atoms with Crippen molar-refractivity contribution in [1.29, 1.82) is 10.5 Å². The minimum Gasteiger partial charge on any atom is -0.467 e.